The van der Waals surface area contributed by atoms with Gasteiger partial charge in [0.25, 0.3) is 16.1 Å². The lowest BCUT2D eigenvalue weighted by Crippen LogP contribution is -2.25. The Hall–Kier alpha value is -3.33. The van der Waals surface area contributed by atoms with Crippen LogP contribution in [0.25, 0.3) is 0 Å². The van der Waals surface area contributed by atoms with Crippen LogP contribution in [-0.2, 0) is 19.5 Å². The fraction of sp³-hybridized carbons (Fsp3) is 0.562. The summed E-state index contributed by atoms with van der Waals surface area (Å²) in [5.41, 5.74) is 5.21. The van der Waals surface area contributed by atoms with E-state index in [-0.39, 0.29) is 61.1 Å². The van der Waals surface area contributed by atoms with E-state index in [0.29, 0.717) is 12.0 Å². The fourth-order valence-corrected chi connectivity index (χ4v) is 2.89. The first-order valence-corrected chi connectivity index (χ1v) is 13.5. The lowest BCUT2D eigenvalue weighted by molar-refractivity contribution is -0.432. The minimum atomic E-state index is -4.25. The molecular weight excluding hydrogens is 584 g/mol. The second kappa shape index (κ2) is 17.4. The van der Waals surface area contributed by atoms with Crippen LogP contribution in [0.5, 0.6) is 0 Å². The molecule has 22 nitrogen and oxygen atoms in total. The maximum Gasteiger partial charge on any atom is 0.266 e. The molecule has 2 aromatic heterocycles. The first-order valence-electron chi connectivity index (χ1n) is 11.0. The van der Waals surface area contributed by atoms with Crippen LogP contribution in [0.1, 0.15) is 0 Å². The van der Waals surface area contributed by atoms with Gasteiger partial charge in [0.1, 0.15) is 0 Å². The van der Waals surface area contributed by atoms with Crippen molar-refractivity contribution in [1.29, 1.82) is 0 Å². The largest absolute Gasteiger partial charge is 0.394 e. The van der Waals surface area contributed by atoms with Crippen molar-refractivity contribution in [1.82, 2.24) is 29.9 Å². The molecule has 11 N–H and O–H groups in total. The van der Waals surface area contributed by atoms with Gasteiger partial charge in [-0.05, 0) is 0 Å². The van der Waals surface area contributed by atoms with Crippen LogP contribution < -0.4 is 26.8 Å². The summed E-state index contributed by atoms with van der Waals surface area (Å²) >= 11 is 0.714. The van der Waals surface area contributed by atoms with Crippen LogP contribution in [0.4, 0.5) is 35.7 Å². The van der Waals surface area contributed by atoms with Gasteiger partial charge in [0.2, 0.25) is 29.7 Å². The number of hydrogen-bond acceptors (Lipinski definition) is 22. The molecule has 0 aliphatic rings. The van der Waals surface area contributed by atoms with E-state index in [9.17, 15) is 18.6 Å². The molecule has 0 aliphatic heterocycles. The molecule has 2 aromatic rings. The van der Waals surface area contributed by atoms with E-state index < -0.39 is 41.3 Å². The lowest BCUT2D eigenvalue weighted by Gasteiger charge is -2.13. The smallest absolute Gasteiger partial charge is 0.266 e. The molecule has 2 atom stereocenters. The predicted octanol–water partition coefficient (Wildman–Crippen LogP) is -2.90. The van der Waals surface area contributed by atoms with Crippen LogP contribution in [-0.4, -0.2) is 131 Å². The molecule has 0 bridgehead atoms. The van der Waals surface area contributed by atoms with Gasteiger partial charge in [0, 0.05) is 37.9 Å². The quantitative estimate of drug-likeness (QED) is 0.0178. The van der Waals surface area contributed by atoms with Crippen LogP contribution in [0, 0.1) is 0 Å². The molecule has 2 heterocycles. The van der Waals surface area contributed by atoms with E-state index >= 15 is 0 Å². The number of nitrogens with zero attached hydrogens (tertiary/aromatic N) is 7. The summed E-state index contributed by atoms with van der Waals surface area (Å²) in [5.74, 6) is -1.07. The topological polar surface area (TPSA) is 324 Å². The zero-order valence-electron chi connectivity index (χ0n) is 20.4. The summed E-state index contributed by atoms with van der Waals surface area (Å²) in [6.45, 7) is -1.51. The Morgan fingerprint density at radius 3 is 1.90 bits per heavy atom. The number of hydrogen-bond donors (Lipinski definition) is 11. The first kappa shape index (κ1) is 32.9. The van der Waals surface area contributed by atoms with Gasteiger partial charge in [-0.3, -0.25) is 15.4 Å². The Bertz CT molecular complexity index is 1180. The Labute approximate surface area is 230 Å². The average molecular weight is 613 g/mol. The fourth-order valence-electron chi connectivity index (χ4n) is 2.30. The van der Waals surface area contributed by atoms with Crippen LogP contribution >= 0.6 is 12.0 Å². The van der Waals surface area contributed by atoms with Crippen molar-refractivity contribution >= 4 is 64.1 Å². The molecule has 24 heteroatoms. The molecule has 2 unspecified atom stereocenters. The van der Waals surface area contributed by atoms with E-state index in [0.717, 1.165) is 0 Å². The third kappa shape index (κ3) is 13.6. The van der Waals surface area contributed by atoms with Crippen LogP contribution in [0.15, 0.2) is 4.99 Å². The third-order valence-corrected chi connectivity index (χ3v) is 5.19. The molecule has 0 fully saturated rings. The molecule has 0 saturated carbocycles. The van der Waals surface area contributed by atoms with Crippen LogP contribution in [0.3, 0.4) is 0 Å². The number of nitrogens with one attached hydrogen (secondary N) is 5. The average Bonchev–Trinajstić information content (AvgIpc) is 2.92. The standard InChI is InChI=1S/C16H28N12O10S2/c29-7-9(31)5-19-13-21-11(17-1-3-39-38-37-33)23-15(25-13)27-28-16-24-12(18-2-4-40(34,35)36)22-14(26-16)20-6-10(32)8-30/h1,9-10,29-33H,2-8H2,(H,34,35,36)(H2,19,21,23,25,27)(H3,18,20,22,24,26,28). The Morgan fingerprint density at radius 1 is 0.850 bits per heavy atom. The highest BCUT2D eigenvalue weighted by molar-refractivity contribution is 7.95. The van der Waals surface area contributed by atoms with Crippen molar-refractivity contribution in [3.05, 3.63) is 0 Å². The van der Waals surface area contributed by atoms with Crippen molar-refractivity contribution in [2.45, 2.75) is 12.2 Å². The summed E-state index contributed by atoms with van der Waals surface area (Å²) in [5, 5.41) is 56.7. The third-order valence-electron chi connectivity index (χ3n) is 4.03. The summed E-state index contributed by atoms with van der Waals surface area (Å²) in [6, 6.07) is 0. The Kier molecular flexibility index (Phi) is 14.3. The molecular formula is C16H28N12O10S2. The zero-order valence-corrected chi connectivity index (χ0v) is 22.1. The highest BCUT2D eigenvalue weighted by Gasteiger charge is 2.12. The Morgan fingerprint density at radius 2 is 1.35 bits per heavy atom. The van der Waals surface area contributed by atoms with Crippen LogP contribution in [0.2, 0.25) is 0 Å². The first-order chi connectivity index (χ1) is 19.1. The van der Waals surface area contributed by atoms with Crippen molar-refractivity contribution in [2.75, 3.05) is 71.2 Å². The van der Waals surface area contributed by atoms with Gasteiger partial charge in [-0.1, -0.05) is 5.04 Å². The SMILES string of the molecule is O=S(=O)(O)CCNc1nc(NCC(O)CO)nc(NNc2nc(N=CCSOOO)nc(NCC(O)CO)n2)n1. The molecule has 0 amide bonds. The molecule has 2 rings (SSSR count). The second-order valence-electron chi connectivity index (χ2n) is 7.23. The van der Waals surface area contributed by atoms with E-state index in [1.807, 2.05) is 0 Å². The highest BCUT2D eigenvalue weighted by Crippen LogP contribution is 2.14. The molecule has 0 aromatic carbocycles. The van der Waals surface area contributed by atoms with Crippen molar-refractivity contribution < 1.29 is 48.0 Å². The van der Waals surface area contributed by atoms with Crippen molar-refractivity contribution in [2.24, 2.45) is 4.99 Å². The van der Waals surface area contributed by atoms with E-state index in [1.54, 1.807) is 0 Å². The summed E-state index contributed by atoms with van der Waals surface area (Å²) < 4.78 is 35.1. The molecule has 0 radical (unpaired) electrons. The van der Waals surface area contributed by atoms with E-state index in [4.69, 9.17) is 20.0 Å². The number of aliphatic hydroxyl groups is 4. The number of aliphatic imine (C=N–C) groups is 1. The van der Waals surface area contributed by atoms with Gasteiger partial charge in [0.15, 0.2) is 0 Å². The summed E-state index contributed by atoms with van der Waals surface area (Å²) in [7, 11) is -4.25. The van der Waals surface area contributed by atoms with Gasteiger partial charge in [0.05, 0.1) is 36.9 Å². The van der Waals surface area contributed by atoms with E-state index in [1.165, 1.54) is 6.21 Å². The molecule has 40 heavy (non-hydrogen) atoms. The molecule has 0 aliphatic carbocycles. The van der Waals surface area contributed by atoms with Gasteiger partial charge in [-0.2, -0.15) is 38.3 Å². The highest BCUT2D eigenvalue weighted by atomic mass is 32.2. The Balaban J connectivity index is 2.22. The number of hydrazine groups is 1. The molecule has 0 saturated heterocycles. The number of aliphatic hydroxyl groups excluding tert-OH is 4. The van der Waals surface area contributed by atoms with Crippen molar-refractivity contribution in [3.8, 4) is 0 Å². The zero-order chi connectivity index (χ0) is 29.4. The number of anilines is 5. The van der Waals surface area contributed by atoms with E-state index in [2.05, 4.69) is 71.1 Å². The van der Waals surface area contributed by atoms with Crippen molar-refractivity contribution in [3.63, 3.8) is 0 Å². The number of aromatic nitrogens is 6. The monoisotopic (exact) mass is 612 g/mol. The molecule has 0 spiro atoms. The minimum absolute atomic E-state index is 0.0369. The summed E-state index contributed by atoms with van der Waals surface area (Å²) in [6.07, 6.45) is -0.891. The summed E-state index contributed by atoms with van der Waals surface area (Å²) in [4.78, 5) is 28.4. The lowest BCUT2D eigenvalue weighted by atomic mass is 10.4. The van der Waals surface area contributed by atoms with Gasteiger partial charge in [-0.25, -0.2) is 10.2 Å². The maximum absolute atomic E-state index is 11.0. The minimum Gasteiger partial charge on any atom is -0.394 e. The normalized spacial score (nSPS) is 13.2. The van der Waals surface area contributed by atoms with Gasteiger partial charge in [-0.15, -0.1) is 4.33 Å². The second-order valence-corrected chi connectivity index (χ2v) is 9.50. The molecule has 224 valence electrons. The van der Waals surface area contributed by atoms with Gasteiger partial charge < -0.3 is 36.4 Å². The van der Waals surface area contributed by atoms with Gasteiger partial charge >= 0.3 is 0 Å². The maximum atomic E-state index is 11.0. The number of rotatable bonds is 20. The predicted molar refractivity (Wildman–Crippen MR) is 140 cm³/mol.